The van der Waals surface area contributed by atoms with Crippen molar-refractivity contribution >= 4 is 5.69 Å². The molecule has 2 aromatic heterocycles. The molecule has 96 valence electrons. The Kier molecular flexibility index (Phi) is 4.34. The number of hydrogen-bond donors (Lipinski definition) is 1. The molecule has 0 bridgehead atoms. The van der Waals surface area contributed by atoms with Crippen molar-refractivity contribution in [2.24, 2.45) is 0 Å². The van der Waals surface area contributed by atoms with E-state index in [0.29, 0.717) is 0 Å². The summed E-state index contributed by atoms with van der Waals surface area (Å²) in [4.78, 5) is 8.81. The monoisotopic (exact) mass is 244 g/mol. The average molecular weight is 244 g/mol. The van der Waals surface area contributed by atoms with Gasteiger partial charge < -0.3 is 9.88 Å². The highest BCUT2D eigenvalue weighted by atomic mass is 15.1. The van der Waals surface area contributed by atoms with Gasteiger partial charge in [0.1, 0.15) is 5.69 Å². The topological polar surface area (TPSA) is 42.7 Å². The normalized spacial score (nSPS) is 10.6. The van der Waals surface area contributed by atoms with E-state index in [2.05, 4.69) is 39.8 Å². The molecule has 0 unspecified atom stereocenters. The maximum Gasteiger partial charge on any atom is 0.158 e. The molecule has 0 aliphatic heterocycles. The van der Waals surface area contributed by atoms with Crippen LogP contribution in [0.1, 0.15) is 26.7 Å². The van der Waals surface area contributed by atoms with Crippen LogP contribution in [0.25, 0.3) is 11.5 Å². The first-order valence-electron chi connectivity index (χ1n) is 6.56. The van der Waals surface area contributed by atoms with Crippen molar-refractivity contribution in [1.82, 2.24) is 14.5 Å². The summed E-state index contributed by atoms with van der Waals surface area (Å²) in [6.07, 6.45) is 7.88. The van der Waals surface area contributed by atoms with Crippen LogP contribution in [0.4, 0.5) is 5.69 Å². The van der Waals surface area contributed by atoms with Crippen LogP contribution in [0.2, 0.25) is 0 Å². The highest BCUT2D eigenvalue weighted by Gasteiger charge is 2.07. The molecule has 0 saturated carbocycles. The Balaban J connectivity index is 2.24. The summed E-state index contributed by atoms with van der Waals surface area (Å²) in [5.41, 5.74) is 2.03. The summed E-state index contributed by atoms with van der Waals surface area (Å²) in [5.74, 6) is 0.942. The molecule has 18 heavy (non-hydrogen) atoms. The fourth-order valence-corrected chi connectivity index (χ4v) is 1.90. The number of hydrogen-bond acceptors (Lipinski definition) is 3. The van der Waals surface area contributed by atoms with Crippen LogP contribution in [0.15, 0.2) is 30.7 Å². The van der Waals surface area contributed by atoms with Gasteiger partial charge in [0.05, 0.1) is 0 Å². The Bertz CT molecular complexity index is 490. The first-order chi connectivity index (χ1) is 8.85. The van der Waals surface area contributed by atoms with E-state index in [-0.39, 0.29) is 0 Å². The van der Waals surface area contributed by atoms with Crippen LogP contribution in [-0.4, -0.2) is 21.1 Å². The van der Waals surface area contributed by atoms with Crippen molar-refractivity contribution in [3.63, 3.8) is 0 Å². The molecule has 0 aliphatic carbocycles. The standard InChI is InChI=1S/C14H20N4/c1-3-6-15-12-5-7-16-13(11-12)14-17-8-10-18(14)9-4-2/h5,7-8,10-11H,3-4,6,9H2,1-2H3,(H,15,16). The summed E-state index contributed by atoms with van der Waals surface area (Å²) >= 11 is 0. The predicted octanol–water partition coefficient (Wildman–Crippen LogP) is 3.18. The third-order valence-electron chi connectivity index (χ3n) is 2.75. The molecule has 2 heterocycles. The van der Waals surface area contributed by atoms with Gasteiger partial charge in [-0.05, 0) is 25.0 Å². The predicted molar refractivity (Wildman–Crippen MR) is 74.5 cm³/mol. The lowest BCUT2D eigenvalue weighted by atomic mass is 10.3. The smallest absolute Gasteiger partial charge is 0.158 e. The fourth-order valence-electron chi connectivity index (χ4n) is 1.90. The van der Waals surface area contributed by atoms with Gasteiger partial charge in [-0.2, -0.15) is 0 Å². The van der Waals surface area contributed by atoms with Gasteiger partial charge in [-0.3, -0.25) is 4.98 Å². The lowest BCUT2D eigenvalue weighted by Crippen LogP contribution is -2.02. The Labute approximate surface area is 108 Å². The first-order valence-corrected chi connectivity index (χ1v) is 6.56. The lowest BCUT2D eigenvalue weighted by Gasteiger charge is -2.08. The van der Waals surface area contributed by atoms with Crippen molar-refractivity contribution in [2.45, 2.75) is 33.2 Å². The van der Waals surface area contributed by atoms with Crippen LogP contribution in [0, 0.1) is 0 Å². The number of aromatic nitrogens is 3. The van der Waals surface area contributed by atoms with E-state index in [0.717, 1.165) is 43.1 Å². The molecule has 0 aromatic carbocycles. The molecule has 0 saturated heterocycles. The van der Waals surface area contributed by atoms with E-state index in [9.17, 15) is 0 Å². The van der Waals surface area contributed by atoms with Crippen molar-refractivity contribution < 1.29 is 0 Å². The highest BCUT2D eigenvalue weighted by molar-refractivity contribution is 5.58. The van der Waals surface area contributed by atoms with Gasteiger partial charge in [0.2, 0.25) is 0 Å². The maximum atomic E-state index is 4.41. The Morgan fingerprint density at radius 1 is 1.17 bits per heavy atom. The van der Waals surface area contributed by atoms with E-state index in [1.54, 1.807) is 0 Å². The molecule has 2 aromatic rings. The van der Waals surface area contributed by atoms with Gasteiger partial charge in [0.15, 0.2) is 5.82 Å². The van der Waals surface area contributed by atoms with Crippen molar-refractivity contribution in [3.8, 4) is 11.5 Å². The molecule has 2 rings (SSSR count). The van der Waals surface area contributed by atoms with Crippen molar-refractivity contribution in [3.05, 3.63) is 30.7 Å². The van der Waals surface area contributed by atoms with Gasteiger partial charge in [-0.25, -0.2) is 4.98 Å². The first kappa shape index (κ1) is 12.6. The zero-order valence-electron chi connectivity index (χ0n) is 11.1. The second-order valence-corrected chi connectivity index (χ2v) is 4.30. The van der Waals surface area contributed by atoms with E-state index >= 15 is 0 Å². The molecule has 0 fully saturated rings. The molecular formula is C14H20N4. The number of nitrogens with one attached hydrogen (secondary N) is 1. The van der Waals surface area contributed by atoms with Crippen LogP contribution in [-0.2, 0) is 6.54 Å². The number of anilines is 1. The number of nitrogens with zero attached hydrogens (tertiary/aromatic N) is 3. The molecule has 0 radical (unpaired) electrons. The van der Waals surface area contributed by atoms with Crippen molar-refractivity contribution in [1.29, 1.82) is 0 Å². The second-order valence-electron chi connectivity index (χ2n) is 4.30. The SMILES string of the molecule is CCCNc1ccnc(-c2nccn2CCC)c1. The van der Waals surface area contributed by atoms with Crippen molar-refractivity contribution in [2.75, 3.05) is 11.9 Å². The molecule has 4 nitrogen and oxygen atoms in total. The summed E-state index contributed by atoms with van der Waals surface area (Å²) in [7, 11) is 0. The largest absolute Gasteiger partial charge is 0.385 e. The number of aryl methyl sites for hydroxylation is 1. The molecule has 4 heteroatoms. The van der Waals surface area contributed by atoms with Crippen LogP contribution >= 0.6 is 0 Å². The van der Waals surface area contributed by atoms with Gasteiger partial charge >= 0.3 is 0 Å². The summed E-state index contributed by atoms with van der Waals surface area (Å²) in [5, 5.41) is 3.37. The Morgan fingerprint density at radius 2 is 2.06 bits per heavy atom. The van der Waals surface area contributed by atoms with Gasteiger partial charge in [-0.1, -0.05) is 13.8 Å². The Hall–Kier alpha value is -1.84. The van der Waals surface area contributed by atoms with E-state index < -0.39 is 0 Å². The zero-order valence-corrected chi connectivity index (χ0v) is 11.1. The molecule has 0 aliphatic rings. The van der Waals surface area contributed by atoms with Crippen LogP contribution in [0.5, 0.6) is 0 Å². The third kappa shape index (κ3) is 2.88. The van der Waals surface area contributed by atoms with Crippen LogP contribution < -0.4 is 5.32 Å². The minimum Gasteiger partial charge on any atom is -0.385 e. The average Bonchev–Trinajstić information content (AvgIpc) is 2.85. The summed E-state index contributed by atoms with van der Waals surface area (Å²) in [6.45, 7) is 6.27. The lowest BCUT2D eigenvalue weighted by molar-refractivity contribution is 0.684. The molecule has 0 amide bonds. The third-order valence-corrected chi connectivity index (χ3v) is 2.75. The van der Waals surface area contributed by atoms with E-state index in [1.165, 1.54) is 0 Å². The molecule has 0 spiro atoms. The zero-order chi connectivity index (χ0) is 12.8. The minimum atomic E-state index is 0.926. The molecule has 0 atom stereocenters. The van der Waals surface area contributed by atoms with Gasteiger partial charge in [0.25, 0.3) is 0 Å². The minimum absolute atomic E-state index is 0.926. The highest BCUT2D eigenvalue weighted by Crippen LogP contribution is 2.18. The number of rotatable bonds is 6. The number of pyridine rings is 1. The van der Waals surface area contributed by atoms with E-state index in [4.69, 9.17) is 0 Å². The summed E-state index contributed by atoms with van der Waals surface area (Å²) in [6, 6.07) is 4.05. The number of imidazole rings is 1. The molecular weight excluding hydrogens is 224 g/mol. The quantitative estimate of drug-likeness (QED) is 0.848. The second kappa shape index (κ2) is 6.19. The van der Waals surface area contributed by atoms with Gasteiger partial charge in [0, 0.05) is 37.4 Å². The maximum absolute atomic E-state index is 4.41. The van der Waals surface area contributed by atoms with Gasteiger partial charge in [-0.15, -0.1) is 0 Å². The van der Waals surface area contributed by atoms with E-state index in [1.807, 2.05) is 24.7 Å². The Morgan fingerprint density at radius 3 is 2.83 bits per heavy atom. The fraction of sp³-hybridized carbons (Fsp3) is 0.429. The molecule has 1 N–H and O–H groups in total. The summed E-state index contributed by atoms with van der Waals surface area (Å²) < 4.78 is 2.14. The van der Waals surface area contributed by atoms with Crippen LogP contribution in [0.3, 0.4) is 0 Å².